The molecule has 1 heterocycles. The van der Waals surface area contributed by atoms with Crippen LogP contribution in [0.3, 0.4) is 0 Å². The van der Waals surface area contributed by atoms with Crippen LogP contribution in [0.5, 0.6) is 0 Å². The van der Waals surface area contributed by atoms with Gasteiger partial charge in [-0.05, 0) is 141 Å². The molecule has 0 amide bonds. The molecule has 57 heavy (non-hydrogen) atoms. The molecule has 0 radical (unpaired) electrons. The molecular weight excluding hydrogens is 735 g/mol. The van der Waals surface area contributed by atoms with E-state index in [1.807, 2.05) is 0 Å². The van der Waals surface area contributed by atoms with Gasteiger partial charge < -0.3 is 20.4 Å². The first kappa shape index (κ1) is 55.0. The molecule has 1 aliphatic rings. The van der Waals surface area contributed by atoms with Crippen molar-refractivity contribution in [2.24, 2.45) is 0 Å². The van der Waals surface area contributed by atoms with Crippen LogP contribution in [0.4, 0.5) is 0 Å². The standard InChI is InChI=1S/C52H84N2.2CH3.Ni/c1-9-17-22-26-32-43-39-46(40-44(33-27-23-18-10-2)48(43)35-28-24-19-11-3)52-50(36-25-20-12-4)49(34-21-13-5)51(54(52)53)45-37-41(29-14-6)47(31-16-8)42(38-45)30-15-7;;;/h37-40H,9-36H2,1-8H3;2*1H3;/q;2*-1;+2. The van der Waals surface area contributed by atoms with E-state index in [1.165, 1.54) is 143 Å². The molecule has 3 rings (SSSR count). The number of rotatable bonds is 30. The number of hydrogen-bond donors (Lipinski definition) is 0. The number of nitrogens with zero attached hydrogens (tertiary/aromatic N) is 2. The summed E-state index contributed by atoms with van der Waals surface area (Å²) in [5.74, 6) is 0. The molecule has 0 aliphatic carbocycles. The summed E-state index contributed by atoms with van der Waals surface area (Å²) in [6.07, 6.45) is 33.9. The number of hydrogen-bond acceptors (Lipinski definition) is 0. The van der Waals surface area contributed by atoms with E-state index in [0.717, 1.165) is 82.0 Å². The van der Waals surface area contributed by atoms with Gasteiger partial charge in [0.1, 0.15) is 0 Å². The quantitative estimate of drug-likeness (QED) is 0.0325. The van der Waals surface area contributed by atoms with E-state index in [-0.39, 0.29) is 31.3 Å². The third kappa shape index (κ3) is 16.5. The fourth-order valence-electron chi connectivity index (χ4n) is 9.09. The normalized spacial score (nSPS) is 12.6. The van der Waals surface area contributed by atoms with Crippen molar-refractivity contribution in [2.75, 3.05) is 0 Å². The van der Waals surface area contributed by atoms with E-state index in [9.17, 15) is 5.53 Å². The maximum Gasteiger partial charge on any atom is 2.00 e. The Kier molecular flexibility index (Phi) is 30.8. The SMILES string of the molecule is CCCCCCc1cc(C2=C(CCCCC)C(CCCC)=C(c3cc(CCC)c(CCC)c(CCC)c3)[N+]2=[N-])cc(CCCCCC)c1CCCCCC.[CH3-].[CH3-].[Ni+2]. The summed E-state index contributed by atoms with van der Waals surface area (Å²) < 4.78 is 1.71. The topological polar surface area (TPSA) is 25.3 Å². The molecule has 0 bridgehead atoms. The summed E-state index contributed by atoms with van der Waals surface area (Å²) >= 11 is 0. The predicted molar refractivity (Wildman–Crippen MR) is 252 cm³/mol. The van der Waals surface area contributed by atoms with E-state index in [2.05, 4.69) is 79.7 Å². The van der Waals surface area contributed by atoms with Gasteiger partial charge in [0, 0.05) is 22.3 Å². The monoisotopic (exact) mass is 825 g/mol. The van der Waals surface area contributed by atoms with Crippen LogP contribution >= 0.6 is 0 Å². The minimum Gasteiger partial charge on any atom is -0.493 e. The Morgan fingerprint density at radius 3 is 1.05 bits per heavy atom. The van der Waals surface area contributed by atoms with Crippen molar-refractivity contribution in [3.63, 3.8) is 0 Å². The molecule has 0 unspecified atom stereocenters. The van der Waals surface area contributed by atoms with E-state index in [4.69, 9.17) is 0 Å². The van der Waals surface area contributed by atoms with E-state index < -0.39 is 0 Å². The summed E-state index contributed by atoms with van der Waals surface area (Å²) in [4.78, 5) is 0. The Balaban J connectivity index is 0.0000105. The van der Waals surface area contributed by atoms with Gasteiger partial charge in [0.2, 0.25) is 11.4 Å². The molecule has 0 saturated carbocycles. The molecule has 0 spiro atoms. The van der Waals surface area contributed by atoms with Crippen molar-refractivity contribution in [2.45, 2.75) is 235 Å². The Morgan fingerprint density at radius 2 is 0.667 bits per heavy atom. The van der Waals surface area contributed by atoms with E-state index in [0.29, 0.717) is 0 Å². The van der Waals surface area contributed by atoms with Crippen LogP contribution in [0.25, 0.3) is 16.9 Å². The molecule has 0 atom stereocenters. The molecule has 0 N–H and O–H groups in total. The van der Waals surface area contributed by atoms with Crippen LogP contribution in [0.2, 0.25) is 0 Å². The second-order valence-electron chi connectivity index (χ2n) is 16.8. The van der Waals surface area contributed by atoms with Crippen LogP contribution in [-0.4, -0.2) is 4.70 Å². The predicted octanol–water partition coefficient (Wildman–Crippen LogP) is 17.8. The zero-order valence-electron chi connectivity index (χ0n) is 39.3. The van der Waals surface area contributed by atoms with Gasteiger partial charge in [-0.1, -0.05) is 152 Å². The first-order chi connectivity index (χ1) is 26.4. The molecule has 2 aromatic carbocycles. The van der Waals surface area contributed by atoms with Crippen LogP contribution in [0.1, 0.15) is 241 Å². The number of aryl methyl sites for hydroxylation is 4. The molecular formula is C54H90N2Ni. The first-order valence-corrected chi connectivity index (χ1v) is 23.7. The fourth-order valence-corrected chi connectivity index (χ4v) is 9.09. The first-order valence-electron chi connectivity index (χ1n) is 23.7. The van der Waals surface area contributed by atoms with E-state index in [1.54, 1.807) is 27.0 Å². The van der Waals surface area contributed by atoms with Crippen molar-refractivity contribution >= 4 is 11.4 Å². The van der Waals surface area contributed by atoms with Gasteiger partial charge in [-0.2, -0.15) is 0 Å². The fraction of sp³-hybridized carbons (Fsp3) is 0.667. The van der Waals surface area contributed by atoms with E-state index >= 15 is 0 Å². The summed E-state index contributed by atoms with van der Waals surface area (Å²) in [7, 11) is 0. The van der Waals surface area contributed by atoms with Gasteiger partial charge in [-0.25, -0.2) is 4.70 Å². The van der Waals surface area contributed by atoms with Gasteiger partial charge >= 0.3 is 16.5 Å². The maximum absolute atomic E-state index is 12.8. The van der Waals surface area contributed by atoms with Crippen LogP contribution < -0.4 is 0 Å². The molecule has 1 aliphatic heterocycles. The Bertz CT molecular complexity index is 1420. The van der Waals surface area contributed by atoms with Gasteiger partial charge in [-0.15, -0.1) is 0 Å². The average molecular weight is 826 g/mol. The Morgan fingerprint density at radius 1 is 0.351 bits per heavy atom. The van der Waals surface area contributed by atoms with Crippen LogP contribution in [-0.2, 0) is 55.0 Å². The average Bonchev–Trinajstić information content (AvgIpc) is 3.44. The third-order valence-corrected chi connectivity index (χ3v) is 12.0. The molecule has 0 fully saturated rings. The molecule has 0 saturated heterocycles. The molecule has 2 nitrogen and oxygen atoms in total. The van der Waals surface area contributed by atoms with Gasteiger partial charge in [-0.3, -0.25) is 0 Å². The summed E-state index contributed by atoms with van der Waals surface area (Å²) in [6.45, 7) is 18.6. The summed E-state index contributed by atoms with van der Waals surface area (Å²) in [6, 6.07) is 10.1. The second-order valence-corrected chi connectivity index (χ2v) is 16.8. The molecule has 326 valence electrons. The van der Waals surface area contributed by atoms with Gasteiger partial charge in [0.15, 0.2) is 0 Å². The minimum absolute atomic E-state index is 0. The number of benzene rings is 2. The Labute approximate surface area is 366 Å². The second kappa shape index (κ2) is 31.9. The summed E-state index contributed by atoms with van der Waals surface area (Å²) in [5, 5.41) is 0. The molecule has 3 heteroatoms. The molecule has 2 aromatic rings. The zero-order valence-corrected chi connectivity index (χ0v) is 40.3. The number of unbranched alkanes of at least 4 members (excludes halogenated alkanes) is 12. The van der Waals surface area contributed by atoms with Crippen LogP contribution in [0.15, 0.2) is 35.4 Å². The minimum atomic E-state index is 0. The number of allylic oxidation sites excluding steroid dienone is 2. The molecule has 0 aromatic heterocycles. The third-order valence-electron chi connectivity index (χ3n) is 12.0. The maximum atomic E-state index is 12.8. The Hall–Kier alpha value is -1.99. The zero-order chi connectivity index (χ0) is 39.1. The van der Waals surface area contributed by atoms with Crippen molar-refractivity contribution in [1.82, 2.24) is 0 Å². The van der Waals surface area contributed by atoms with Gasteiger partial charge in [0.25, 0.3) is 0 Å². The smallest absolute Gasteiger partial charge is 0.493 e. The van der Waals surface area contributed by atoms with Gasteiger partial charge in [0.05, 0.1) is 0 Å². The largest absolute Gasteiger partial charge is 2.00 e. The van der Waals surface area contributed by atoms with Crippen LogP contribution in [0, 0.1) is 14.9 Å². The van der Waals surface area contributed by atoms with Crippen molar-refractivity contribution in [1.29, 1.82) is 0 Å². The summed E-state index contributed by atoms with van der Waals surface area (Å²) in [5.41, 5.74) is 29.7. The van der Waals surface area contributed by atoms with Crippen molar-refractivity contribution < 1.29 is 21.2 Å². The van der Waals surface area contributed by atoms with Crippen molar-refractivity contribution in [3.8, 4) is 0 Å². The van der Waals surface area contributed by atoms with Crippen molar-refractivity contribution in [3.05, 3.63) is 100 Å².